The summed E-state index contributed by atoms with van der Waals surface area (Å²) in [6.45, 7) is 0.855. The molecule has 0 spiro atoms. The van der Waals surface area contributed by atoms with Gasteiger partial charge in [0.15, 0.2) is 0 Å². The average Bonchev–Trinajstić information content (AvgIpc) is 2.92. The molecule has 1 fully saturated rings. The Labute approximate surface area is 93.8 Å². The van der Waals surface area contributed by atoms with E-state index >= 15 is 0 Å². The Kier molecular flexibility index (Phi) is 2.96. The predicted molar refractivity (Wildman–Crippen MR) is 58.7 cm³/mol. The summed E-state index contributed by atoms with van der Waals surface area (Å²) in [5.41, 5.74) is 1.05. The van der Waals surface area contributed by atoms with Gasteiger partial charge in [-0.1, -0.05) is 23.2 Å². The second kappa shape index (κ2) is 4.05. The van der Waals surface area contributed by atoms with Crippen LogP contribution in [0.15, 0.2) is 12.3 Å². The molecule has 1 aliphatic carbocycles. The fourth-order valence-electron chi connectivity index (χ4n) is 1.47. The minimum absolute atomic E-state index is 0.452. The average molecular weight is 231 g/mol. The minimum atomic E-state index is 0.452. The van der Waals surface area contributed by atoms with Crippen LogP contribution in [0.2, 0.25) is 10.2 Å². The first kappa shape index (κ1) is 10.2. The zero-order valence-corrected chi connectivity index (χ0v) is 9.52. The monoisotopic (exact) mass is 230 g/mol. The molecule has 2 rings (SSSR count). The molecule has 0 saturated heterocycles. The molecule has 1 heterocycles. The summed E-state index contributed by atoms with van der Waals surface area (Å²) in [7, 11) is 2.11. The first-order chi connectivity index (χ1) is 6.66. The van der Waals surface area contributed by atoms with Gasteiger partial charge in [0.2, 0.25) is 0 Å². The molecule has 0 unspecified atom stereocenters. The Morgan fingerprint density at radius 1 is 1.50 bits per heavy atom. The maximum Gasteiger partial charge on any atom is 0.130 e. The Morgan fingerprint density at radius 3 is 2.79 bits per heavy atom. The van der Waals surface area contributed by atoms with E-state index in [9.17, 15) is 0 Å². The van der Waals surface area contributed by atoms with Crippen LogP contribution >= 0.6 is 23.2 Å². The van der Waals surface area contributed by atoms with Crippen molar-refractivity contribution in [2.45, 2.75) is 25.4 Å². The van der Waals surface area contributed by atoms with Gasteiger partial charge in [-0.15, -0.1) is 0 Å². The molecule has 1 aliphatic rings. The normalized spacial score (nSPS) is 16.3. The highest BCUT2D eigenvalue weighted by atomic mass is 35.5. The lowest BCUT2D eigenvalue weighted by Crippen LogP contribution is -2.20. The minimum Gasteiger partial charge on any atom is -0.299 e. The maximum absolute atomic E-state index is 6.05. The number of rotatable bonds is 3. The fourth-order valence-corrected chi connectivity index (χ4v) is 1.89. The van der Waals surface area contributed by atoms with E-state index in [0.717, 1.165) is 18.2 Å². The lowest BCUT2D eigenvalue weighted by atomic mass is 10.2. The highest BCUT2D eigenvalue weighted by Gasteiger charge is 2.26. The maximum atomic E-state index is 6.05. The third-order valence-electron chi connectivity index (χ3n) is 2.49. The van der Waals surface area contributed by atoms with E-state index in [4.69, 9.17) is 23.2 Å². The standard InChI is InChI=1S/C10H12Cl2N2/c1-14(8-2-3-8)6-7-5-13-10(12)4-9(7)11/h4-5,8H,2-3,6H2,1H3. The van der Waals surface area contributed by atoms with Gasteiger partial charge in [-0.05, 0) is 26.0 Å². The van der Waals surface area contributed by atoms with Crippen LogP contribution in [-0.4, -0.2) is 23.0 Å². The van der Waals surface area contributed by atoms with E-state index in [-0.39, 0.29) is 0 Å². The number of nitrogens with zero attached hydrogens (tertiary/aromatic N) is 2. The summed E-state index contributed by atoms with van der Waals surface area (Å²) in [5, 5.41) is 1.16. The van der Waals surface area contributed by atoms with Gasteiger partial charge in [0.05, 0.1) is 0 Å². The molecule has 14 heavy (non-hydrogen) atoms. The lowest BCUT2D eigenvalue weighted by Gasteiger charge is -2.16. The van der Waals surface area contributed by atoms with Crippen LogP contribution < -0.4 is 0 Å². The Bertz CT molecular complexity index is 337. The summed E-state index contributed by atoms with van der Waals surface area (Å²) in [5.74, 6) is 0. The number of halogens is 2. The van der Waals surface area contributed by atoms with Crippen molar-refractivity contribution in [2.24, 2.45) is 0 Å². The Hall–Kier alpha value is -0.310. The molecule has 0 aliphatic heterocycles. The van der Waals surface area contributed by atoms with E-state index in [1.807, 2.05) is 0 Å². The molecule has 0 atom stereocenters. The van der Waals surface area contributed by atoms with Gasteiger partial charge in [0, 0.05) is 29.4 Å². The van der Waals surface area contributed by atoms with Gasteiger partial charge < -0.3 is 0 Å². The zero-order valence-electron chi connectivity index (χ0n) is 8.00. The molecule has 1 saturated carbocycles. The van der Waals surface area contributed by atoms with Gasteiger partial charge in [-0.2, -0.15) is 0 Å². The van der Waals surface area contributed by atoms with Crippen molar-refractivity contribution in [1.29, 1.82) is 0 Å². The topological polar surface area (TPSA) is 16.1 Å². The predicted octanol–water partition coefficient (Wildman–Crippen LogP) is 2.98. The Morgan fingerprint density at radius 2 is 2.21 bits per heavy atom. The number of hydrogen-bond donors (Lipinski definition) is 0. The van der Waals surface area contributed by atoms with E-state index in [0.29, 0.717) is 10.2 Å². The van der Waals surface area contributed by atoms with Crippen LogP contribution in [0.4, 0.5) is 0 Å². The first-order valence-electron chi connectivity index (χ1n) is 4.67. The molecule has 1 aromatic heterocycles. The third kappa shape index (κ3) is 2.38. The number of aromatic nitrogens is 1. The molecule has 0 radical (unpaired) electrons. The summed E-state index contributed by atoms with van der Waals surface area (Å²) in [6, 6.07) is 2.43. The van der Waals surface area contributed by atoms with E-state index < -0.39 is 0 Å². The summed E-state index contributed by atoms with van der Waals surface area (Å²) in [6.07, 6.45) is 4.35. The molecule has 2 nitrogen and oxygen atoms in total. The second-order valence-electron chi connectivity index (χ2n) is 3.74. The first-order valence-corrected chi connectivity index (χ1v) is 5.42. The SMILES string of the molecule is CN(Cc1cnc(Cl)cc1Cl)C1CC1. The number of hydrogen-bond acceptors (Lipinski definition) is 2. The summed E-state index contributed by atoms with van der Waals surface area (Å²) in [4.78, 5) is 6.33. The van der Waals surface area contributed by atoms with Crippen LogP contribution in [0.3, 0.4) is 0 Å². The van der Waals surface area contributed by atoms with Crippen LogP contribution in [0, 0.1) is 0 Å². The molecule has 76 valence electrons. The molecule has 4 heteroatoms. The molecular weight excluding hydrogens is 219 g/mol. The van der Waals surface area contributed by atoms with Crippen molar-refractivity contribution < 1.29 is 0 Å². The largest absolute Gasteiger partial charge is 0.299 e. The molecule has 1 aromatic rings. The highest BCUT2D eigenvalue weighted by Crippen LogP contribution is 2.28. The summed E-state index contributed by atoms with van der Waals surface area (Å²) < 4.78 is 0. The number of pyridine rings is 1. The lowest BCUT2D eigenvalue weighted by molar-refractivity contribution is 0.316. The van der Waals surface area contributed by atoms with Crippen molar-refractivity contribution >= 4 is 23.2 Å². The molecule has 0 bridgehead atoms. The Balaban J connectivity index is 2.07. The van der Waals surface area contributed by atoms with Gasteiger partial charge >= 0.3 is 0 Å². The third-order valence-corrected chi connectivity index (χ3v) is 3.04. The summed E-state index contributed by atoms with van der Waals surface area (Å²) >= 11 is 11.8. The van der Waals surface area contributed by atoms with Crippen molar-refractivity contribution in [3.63, 3.8) is 0 Å². The van der Waals surface area contributed by atoms with Crippen molar-refractivity contribution in [2.75, 3.05) is 7.05 Å². The smallest absolute Gasteiger partial charge is 0.130 e. The van der Waals surface area contributed by atoms with Gasteiger partial charge in [0.25, 0.3) is 0 Å². The van der Waals surface area contributed by atoms with Crippen LogP contribution in [0.25, 0.3) is 0 Å². The van der Waals surface area contributed by atoms with Gasteiger partial charge in [0.1, 0.15) is 5.15 Å². The van der Waals surface area contributed by atoms with Crippen LogP contribution in [0.1, 0.15) is 18.4 Å². The second-order valence-corrected chi connectivity index (χ2v) is 4.54. The molecule has 0 amide bonds. The molecule has 0 aromatic carbocycles. The van der Waals surface area contributed by atoms with Gasteiger partial charge in [-0.25, -0.2) is 4.98 Å². The molecular formula is C10H12Cl2N2. The van der Waals surface area contributed by atoms with Crippen LogP contribution in [-0.2, 0) is 6.54 Å². The fraction of sp³-hybridized carbons (Fsp3) is 0.500. The quantitative estimate of drug-likeness (QED) is 0.743. The van der Waals surface area contributed by atoms with Crippen molar-refractivity contribution in [3.05, 3.63) is 28.0 Å². The van der Waals surface area contributed by atoms with Gasteiger partial charge in [-0.3, -0.25) is 4.90 Å². The van der Waals surface area contributed by atoms with E-state index in [1.54, 1.807) is 12.3 Å². The van der Waals surface area contributed by atoms with E-state index in [2.05, 4.69) is 16.9 Å². The van der Waals surface area contributed by atoms with E-state index in [1.165, 1.54) is 12.8 Å². The van der Waals surface area contributed by atoms with Crippen LogP contribution in [0.5, 0.6) is 0 Å². The van der Waals surface area contributed by atoms with Crippen molar-refractivity contribution in [3.8, 4) is 0 Å². The highest BCUT2D eigenvalue weighted by molar-refractivity contribution is 6.34. The van der Waals surface area contributed by atoms with Crippen molar-refractivity contribution in [1.82, 2.24) is 9.88 Å². The zero-order chi connectivity index (χ0) is 10.1. The molecule has 0 N–H and O–H groups in total.